The smallest absolute Gasteiger partial charge is 0.233 e. The van der Waals surface area contributed by atoms with Crippen molar-refractivity contribution in [2.75, 3.05) is 12.3 Å². The molecule has 0 bridgehead atoms. The second kappa shape index (κ2) is 7.56. The van der Waals surface area contributed by atoms with Gasteiger partial charge in [-0.25, -0.2) is 0 Å². The fraction of sp³-hybridized carbons (Fsp3) is 0.533. The first kappa shape index (κ1) is 14.4. The summed E-state index contributed by atoms with van der Waals surface area (Å²) in [5.74, 6) is 1.31. The topological polar surface area (TPSA) is 55.1 Å². The van der Waals surface area contributed by atoms with Crippen LogP contribution >= 0.6 is 11.8 Å². The van der Waals surface area contributed by atoms with Gasteiger partial charge in [-0.05, 0) is 42.7 Å². The van der Waals surface area contributed by atoms with Crippen LogP contribution < -0.4 is 11.1 Å². The summed E-state index contributed by atoms with van der Waals surface area (Å²) in [7, 11) is 0. The van der Waals surface area contributed by atoms with E-state index in [1.54, 1.807) is 11.8 Å². The third-order valence-corrected chi connectivity index (χ3v) is 4.77. The van der Waals surface area contributed by atoms with Crippen molar-refractivity contribution in [2.24, 2.45) is 5.73 Å². The maximum Gasteiger partial charge on any atom is 0.233 e. The number of nitrogens with one attached hydrogen (secondary N) is 1. The van der Waals surface area contributed by atoms with E-state index < -0.39 is 0 Å². The summed E-state index contributed by atoms with van der Waals surface area (Å²) in [6.45, 7) is 1.30. The summed E-state index contributed by atoms with van der Waals surface area (Å²) in [5, 5.41) is 3.19. The van der Waals surface area contributed by atoms with Gasteiger partial charge in [0, 0.05) is 6.54 Å². The lowest BCUT2D eigenvalue weighted by molar-refractivity contribution is -0.120. The monoisotopic (exact) mass is 278 g/mol. The molecule has 4 heteroatoms. The zero-order chi connectivity index (χ0) is 13.5. The minimum Gasteiger partial charge on any atom is -0.351 e. The molecule has 1 saturated heterocycles. The Hall–Kier alpha value is -1.00. The fourth-order valence-electron chi connectivity index (χ4n) is 2.24. The Morgan fingerprint density at radius 2 is 2.00 bits per heavy atom. The van der Waals surface area contributed by atoms with Crippen molar-refractivity contribution >= 4 is 17.7 Å². The fourth-order valence-corrected chi connectivity index (χ4v) is 3.46. The van der Waals surface area contributed by atoms with E-state index in [0.717, 1.165) is 24.2 Å². The number of hydrogen-bond acceptors (Lipinski definition) is 3. The summed E-state index contributed by atoms with van der Waals surface area (Å²) in [5.41, 5.74) is 7.92. The third-order valence-electron chi connectivity index (χ3n) is 3.39. The highest BCUT2D eigenvalue weighted by molar-refractivity contribution is 8.00. The van der Waals surface area contributed by atoms with E-state index in [1.165, 1.54) is 18.4 Å². The number of nitrogens with two attached hydrogens (primary N) is 1. The van der Waals surface area contributed by atoms with Gasteiger partial charge in [0.05, 0.1) is 5.25 Å². The second-order valence-electron chi connectivity index (χ2n) is 4.93. The summed E-state index contributed by atoms with van der Waals surface area (Å²) in [4.78, 5) is 12.0. The number of amides is 1. The van der Waals surface area contributed by atoms with E-state index in [2.05, 4.69) is 29.6 Å². The molecule has 1 aliphatic heterocycles. The van der Waals surface area contributed by atoms with Gasteiger partial charge in [0.1, 0.15) is 0 Å². The van der Waals surface area contributed by atoms with Crippen molar-refractivity contribution in [1.29, 1.82) is 0 Å². The SMILES string of the molecule is NCCc1ccc(CNC(=O)C2CCCCS2)cc1. The molecule has 1 fully saturated rings. The molecule has 1 aliphatic rings. The molecule has 1 aromatic rings. The molecule has 1 unspecified atom stereocenters. The van der Waals surface area contributed by atoms with Crippen LogP contribution in [0.4, 0.5) is 0 Å². The maximum absolute atomic E-state index is 12.0. The van der Waals surface area contributed by atoms with Gasteiger partial charge in [0.15, 0.2) is 0 Å². The predicted octanol–water partition coefficient (Wildman–Crippen LogP) is 2.09. The van der Waals surface area contributed by atoms with E-state index in [9.17, 15) is 4.79 Å². The number of rotatable bonds is 5. The van der Waals surface area contributed by atoms with Gasteiger partial charge in [0.2, 0.25) is 5.91 Å². The maximum atomic E-state index is 12.0. The van der Waals surface area contributed by atoms with E-state index >= 15 is 0 Å². The van der Waals surface area contributed by atoms with Crippen molar-refractivity contribution < 1.29 is 4.79 Å². The summed E-state index contributed by atoms with van der Waals surface area (Å²) in [6, 6.07) is 8.31. The first-order valence-corrected chi connectivity index (χ1v) is 8.01. The van der Waals surface area contributed by atoms with Gasteiger partial charge in [0.25, 0.3) is 0 Å². The molecule has 0 saturated carbocycles. The van der Waals surface area contributed by atoms with Crippen molar-refractivity contribution in [3.63, 3.8) is 0 Å². The van der Waals surface area contributed by atoms with Crippen LogP contribution in [0.3, 0.4) is 0 Å². The van der Waals surface area contributed by atoms with Crippen LogP contribution in [0.2, 0.25) is 0 Å². The lowest BCUT2D eigenvalue weighted by atomic mass is 10.1. The van der Waals surface area contributed by atoms with Gasteiger partial charge < -0.3 is 11.1 Å². The summed E-state index contributed by atoms with van der Waals surface area (Å²) >= 11 is 1.79. The highest BCUT2D eigenvalue weighted by Crippen LogP contribution is 2.25. The van der Waals surface area contributed by atoms with E-state index in [0.29, 0.717) is 13.1 Å². The number of carbonyl (C=O) groups excluding carboxylic acids is 1. The molecule has 1 amide bonds. The lowest BCUT2D eigenvalue weighted by Crippen LogP contribution is -2.33. The summed E-state index contributed by atoms with van der Waals surface area (Å²) < 4.78 is 0. The molecular weight excluding hydrogens is 256 g/mol. The molecule has 19 heavy (non-hydrogen) atoms. The number of hydrogen-bond donors (Lipinski definition) is 2. The van der Waals surface area contributed by atoms with Gasteiger partial charge in [-0.3, -0.25) is 4.79 Å². The van der Waals surface area contributed by atoms with Crippen molar-refractivity contribution in [1.82, 2.24) is 5.32 Å². The largest absolute Gasteiger partial charge is 0.351 e. The van der Waals surface area contributed by atoms with Crippen molar-refractivity contribution in [3.05, 3.63) is 35.4 Å². The minimum atomic E-state index is 0.158. The first-order valence-electron chi connectivity index (χ1n) is 6.97. The van der Waals surface area contributed by atoms with Crippen LogP contribution in [0.1, 0.15) is 30.4 Å². The van der Waals surface area contributed by atoms with Gasteiger partial charge in [-0.15, -0.1) is 11.8 Å². The molecule has 1 atom stereocenters. The normalized spacial score (nSPS) is 19.1. The van der Waals surface area contributed by atoms with Gasteiger partial charge in [-0.1, -0.05) is 30.7 Å². The molecule has 0 radical (unpaired) electrons. The molecule has 104 valence electrons. The van der Waals surface area contributed by atoms with Crippen LogP contribution in [-0.2, 0) is 17.8 Å². The molecule has 2 rings (SSSR count). The third kappa shape index (κ3) is 4.55. The molecule has 3 N–H and O–H groups in total. The molecule has 0 aromatic heterocycles. The van der Waals surface area contributed by atoms with Crippen LogP contribution in [-0.4, -0.2) is 23.5 Å². The highest BCUT2D eigenvalue weighted by Gasteiger charge is 2.21. The van der Waals surface area contributed by atoms with Crippen molar-refractivity contribution in [2.45, 2.75) is 37.5 Å². The molecular formula is C15H22N2OS. The van der Waals surface area contributed by atoms with E-state index in [1.807, 2.05) is 0 Å². The molecule has 0 aliphatic carbocycles. The zero-order valence-electron chi connectivity index (χ0n) is 11.2. The summed E-state index contributed by atoms with van der Waals surface area (Å²) in [6.07, 6.45) is 4.35. The Morgan fingerprint density at radius 3 is 2.63 bits per heavy atom. The highest BCUT2D eigenvalue weighted by atomic mass is 32.2. The van der Waals surface area contributed by atoms with Gasteiger partial charge in [-0.2, -0.15) is 0 Å². The Kier molecular flexibility index (Phi) is 5.73. The van der Waals surface area contributed by atoms with Crippen LogP contribution in [0.15, 0.2) is 24.3 Å². The molecule has 0 spiro atoms. The van der Waals surface area contributed by atoms with Crippen LogP contribution in [0, 0.1) is 0 Å². The first-order chi connectivity index (χ1) is 9.29. The number of benzene rings is 1. The minimum absolute atomic E-state index is 0.158. The molecule has 1 heterocycles. The number of thioether (sulfide) groups is 1. The predicted molar refractivity (Wildman–Crippen MR) is 81.1 cm³/mol. The number of carbonyl (C=O) groups is 1. The average Bonchev–Trinajstić information content (AvgIpc) is 2.47. The lowest BCUT2D eigenvalue weighted by Gasteiger charge is -2.20. The van der Waals surface area contributed by atoms with Crippen LogP contribution in [0.5, 0.6) is 0 Å². The Bertz CT molecular complexity index is 399. The Labute approximate surface area is 119 Å². The molecule has 3 nitrogen and oxygen atoms in total. The second-order valence-corrected chi connectivity index (χ2v) is 6.24. The quantitative estimate of drug-likeness (QED) is 0.867. The molecule has 1 aromatic carbocycles. The van der Waals surface area contributed by atoms with Crippen LogP contribution in [0.25, 0.3) is 0 Å². The zero-order valence-corrected chi connectivity index (χ0v) is 12.0. The standard InChI is InChI=1S/C15H22N2OS/c16-9-8-12-4-6-13(7-5-12)11-17-15(18)14-3-1-2-10-19-14/h4-7,14H,1-3,8-11,16H2,(H,17,18). The average molecular weight is 278 g/mol. The van der Waals surface area contributed by atoms with E-state index in [4.69, 9.17) is 5.73 Å². The Morgan fingerprint density at radius 1 is 1.26 bits per heavy atom. The van der Waals surface area contributed by atoms with E-state index in [-0.39, 0.29) is 11.2 Å². The van der Waals surface area contributed by atoms with Gasteiger partial charge >= 0.3 is 0 Å². The Balaban J connectivity index is 1.79. The van der Waals surface area contributed by atoms with Crippen molar-refractivity contribution in [3.8, 4) is 0 Å².